The van der Waals surface area contributed by atoms with Crippen LogP contribution < -0.4 is 10.1 Å². The summed E-state index contributed by atoms with van der Waals surface area (Å²) in [6.07, 6.45) is 3.26. The lowest BCUT2D eigenvalue weighted by molar-refractivity contribution is 0.0851. The van der Waals surface area contributed by atoms with Gasteiger partial charge in [0.05, 0.1) is 11.3 Å². The molecule has 1 heterocycles. The molecule has 0 radical (unpaired) electrons. The Kier molecular flexibility index (Phi) is 2.31. The summed E-state index contributed by atoms with van der Waals surface area (Å²) in [5, 5.41) is 3.26. The maximum atomic E-state index is 12.2. The third-order valence-corrected chi connectivity index (χ3v) is 3.42. The van der Waals surface area contributed by atoms with Gasteiger partial charge in [0.1, 0.15) is 6.61 Å². The Morgan fingerprint density at radius 1 is 1.38 bits per heavy atom. The maximum Gasteiger partial charge on any atom is 0.169 e. The van der Waals surface area contributed by atoms with Crippen molar-refractivity contribution in [1.29, 1.82) is 0 Å². The minimum Gasteiger partial charge on any atom is -0.489 e. The van der Waals surface area contributed by atoms with Crippen molar-refractivity contribution >= 4 is 11.5 Å². The number of nitrogens with one attached hydrogen (secondary N) is 1. The van der Waals surface area contributed by atoms with Crippen LogP contribution in [-0.2, 0) is 0 Å². The summed E-state index contributed by atoms with van der Waals surface area (Å²) >= 11 is 0. The molecule has 0 spiro atoms. The van der Waals surface area contributed by atoms with Gasteiger partial charge < -0.3 is 10.1 Å². The number of ketones is 1. The SMILES string of the molecule is O=C(c1cccc2c1OCCN2)C1CCC1. The number of carbonyl (C=O) groups is 1. The van der Waals surface area contributed by atoms with Gasteiger partial charge >= 0.3 is 0 Å². The van der Waals surface area contributed by atoms with Crippen molar-refractivity contribution in [1.82, 2.24) is 0 Å². The minimum atomic E-state index is 0.233. The number of benzene rings is 1. The molecule has 16 heavy (non-hydrogen) atoms. The van der Waals surface area contributed by atoms with Gasteiger partial charge in [0.15, 0.2) is 11.5 Å². The predicted octanol–water partition coefficient (Wildman–Crippen LogP) is 2.47. The summed E-state index contributed by atoms with van der Waals surface area (Å²) in [7, 11) is 0. The van der Waals surface area contributed by atoms with Crippen molar-refractivity contribution in [2.24, 2.45) is 5.92 Å². The Balaban J connectivity index is 1.96. The Morgan fingerprint density at radius 2 is 2.25 bits per heavy atom. The second-order valence-corrected chi connectivity index (χ2v) is 4.45. The molecule has 1 aromatic carbocycles. The van der Waals surface area contributed by atoms with Crippen molar-refractivity contribution < 1.29 is 9.53 Å². The predicted molar refractivity (Wildman–Crippen MR) is 62.1 cm³/mol. The molecule has 1 fully saturated rings. The molecule has 0 aromatic heterocycles. The summed E-state index contributed by atoms with van der Waals surface area (Å²) in [6.45, 7) is 1.45. The van der Waals surface area contributed by atoms with E-state index in [2.05, 4.69) is 5.32 Å². The molecule has 3 nitrogen and oxygen atoms in total. The lowest BCUT2D eigenvalue weighted by Crippen LogP contribution is -2.25. The summed E-state index contributed by atoms with van der Waals surface area (Å²) in [5.41, 5.74) is 1.71. The van der Waals surface area contributed by atoms with E-state index in [1.54, 1.807) is 0 Å². The van der Waals surface area contributed by atoms with Crippen LogP contribution in [0.4, 0.5) is 5.69 Å². The molecule has 0 atom stereocenters. The van der Waals surface area contributed by atoms with Gasteiger partial charge in [-0.25, -0.2) is 0 Å². The average Bonchev–Trinajstić information content (AvgIpc) is 2.26. The molecule has 1 aliphatic carbocycles. The molecule has 0 bridgehead atoms. The number of rotatable bonds is 2. The van der Waals surface area contributed by atoms with Gasteiger partial charge in [0.2, 0.25) is 0 Å². The topological polar surface area (TPSA) is 38.3 Å². The first-order chi connectivity index (χ1) is 7.86. The maximum absolute atomic E-state index is 12.2. The van der Waals surface area contributed by atoms with Crippen LogP contribution in [0.1, 0.15) is 29.6 Å². The normalized spacial score (nSPS) is 19.0. The molecule has 0 saturated heterocycles. The molecule has 1 N–H and O–H groups in total. The quantitative estimate of drug-likeness (QED) is 0.773. The van der Waals surface area contributed by atoms with E-state index in [0.29, 0.717) is 6.61 Å². The molecule has 1 aromatic rings. The van der Waals surface area contributed by atoms with Gasteiger partial charge in [-0.2, -0.15) is 0 Å². The third kappa shape index (κ3) is 1.47. The highest BCUT2D eigenvalue weighted by Gasteiger charge is 2.29. The van der Waals surface area contributed by atoms with Gasteiger partial charge in [-0.05, 0) is 25.0 Å². The van der Waals surface area contributed by atoms with E-state index < -0.39 is 0 Å². The van der Waals surface area contributed by atoms with Gasteiger partial charge in [0, 0.05) is 12.5 Å². The van der Waals surface area contributed by atoms with Crippen molar-refractivity contribution in [2.75, 3.05) is 18.5 Å². The standard InChI is InChI=1S/C13H15NO2/c15-12(9-3-1-4-9)10-5-2-6-11-13(10)16-8-7-14-11/h2,5-6,9,14H,1,3-4,7-8H2. The van der Waals surface area contributed by atoms with Crippen molar-refractivity contribution in [3.8, 4) is 5.75 Å². The van der Waals surface area contributed by atoms with Gasteiger partial charge in [0.25, 0.3) is 0 Å². The molecule has 1 aliphatic heterocycles. The lowest BCUT2D eigenvalue weighted by Gasteiger charge is -2.27. The van der Waals surface area contributed by atoms with Gasteiger partial charge in [-0.15, -0.1) is 0 Å². The molecule has 84 valence electrons. The van der Waals surface area contributed by atoms with E-state index in [1.165, 1.54) is 6.42 Å². The number of hydrogen-bond donors (Lipinski definition) is 1. The van der Waals surface area contributed by atoms with Crippen LogP contribution in [0.5, 0.6) is 5.75 Å². The molecule has 1 saturated carbocycles. The smallest absolute Gasteiger partial charge is 0.169 e. The summed E-state index contributed by atoms with van der Waals surface area (Å²) < 4.78 is 5.61. The third-order valence-electron chi connectivity index (χ3n) is 3.42. The number of Topliss-reactive ketones (excluding diaryl/α,β-unsaturated/α-hetero) is 1. The van der Waals surface area contributed by atoms with Crippen LogP contribution in [-0.4, -0.2) is 18.9 Å². The molecule has 3 rings (SSSR count). The highest BCUT2D eigenvalue weighted by Crippen LogP contribution is 2.36. The van der Waals surface area contributed by atoms with Gasteiger partial charge in [-0.3, -0.25) is 4.79 Å². The van der Waals surface area contributed by atoms with Crippen molar-refractivity contribution in [3.63, 3.8) is 0 Å². The van der Waals surface area contributed by atoms with Crippen LogP contribution in [0.15, 0.2) is 18.2 Å². The zero-order valence-corrected chi connectivity index (χ0v) is 9.16. The van der Waals surface area contributed by atoms with Crippen LogP contribution in [0.3, 0.4) is 0 Å². The highest BCUT2D eigenvalue weighted by molar-refractivity contribution is 6.02. The molecule has 2 aliphatic rings. The first kappa shape index (κ1) is 9.70. The number of hydrogen-bond acceptors (Lipinski definition) is 3. The molecule has 0 unspecified atom stereocenters. The van der Waals surface area contributed by atoms with Crippen molar-refractivity contribution in [3.05, 3.63) is 23.8 Å². The van der Waals surface area contributed by atoms with E-state index in [-0.39, 0.29) is 11.7 Å². The molecular weight excluding hydrogens is 202 g/mol. The second kappa shape index (κ2) is 3.81. The highest BCUT2D eigenvalue weighted by atomic mass is 16.5. The molecule has 3 heteroatoms. The summed E-state index contributed by atoms with van der Waals surface area (Å²) in [4.78, 5) is 12.2. The Labute approximate surface area is 94.8 Å². The average molecular weight is 217 g/mol. The number of carbonyl (C=O) groups excluding carboxylic acids is 1. The molecule has 0 amide bonds. The molecular formula is C13H15NO2. The Morgan fingerprint density at radius 3 is 3.00 bits per heavy atom. The fourth-order valence-corrected chi connectivity index (χ4v) is 2.25. The first-order valence-electron chi connectivity index (χ1n) is 5.90. The minimum absolute atomic E-state index is 0.233. The van der Waals surface area contributed by atoms with Crippen LogP contribution in [0, 0.1) is 5.92 Å². The zero-order valence-electron chi connectivity index (χ0n) is 9.16. The largest absolute Gasteiger partial charge is 0.489 e. The summed E-state index contributed by atoms with van der Waals surface area (Å²) in [5.74, 6) is 1.24. The van der Waals surface area contributed by atoms with E-state index in [1.807, 2.05) is 18.2 Å². The lowest BCUT2D eigenvalue weighted by atomic mass is 9.79. The number of anilines is 1. The van der Waals surface area contributed by atoms with Gasteiger partial charge in [-0.1, -0.05) is 12.5 Å². The van der Waals surface area contributed by atoms with E-state index in [9.17, 15) is 4.79 Å². The van der Waals surface area contributed by atoms with E-state index in [4.69, 9.17) is 4.74 Å². The second-order valence-electron chi connectivity index (χ2n) is 4.45. The number of ether oxygens (including phenoxy) is 1. The van der Waals surface area contributed by atoms with E-state index >= 15 is 0 Å². The number of para-hydroxylation sites is 1. The zero-order chi connectivity index (χ0) is 11.0. The summed E-state index contributed by atoms with van der Waals surface area (Å²) in [6, 6.07) is 5.77. The first-order valence-corrected chi connectivity index (χ1v) is 5.90. The Hall–Kier alpha value is -1.51. The number of fused-ring (bicyclic) bond motifs is 1. The fraction of sp³-hybridized carbons (Fsp3) is 0.462. The monoisotopic (exact) mass is 217 g/mol. The van der Waals surface area contributed by atoms with Crippen LogP contribution >= 0.6 is 0 Å². The Bertz CT molecular complexity index is 424. The van der Waals surface area contributed by atoms with Crippen LogP contribution in [0.25, 0.3) is 0 Å². The van der Waals surface area contributed by atoms with Crippen LogP contribution in [0.2, 0.25) is 0 Å². The van der Waals surface area contributed by atoms with Crippen molar-refractivity contribution in [2.45, 2.75) is 19.3 Å². The fourth-order valence-electron chi connectivity index (χ4n) is 2.25. The van der Waals surface area contributed by atoms with E-state index in [0.717, 1.165) is 36.4 Å².